The van der Waals surface area contributed by atoms with Gasteiger partial charge in [0, 0.05) is 23.8 Å². The van der Waals surface area contributed by atoms with E-state index in [4.69, 9.17) is 10.7 Å². The average molecular weight is 350 g/mol. The first-order valence-electron chi connectivity index (χ1n) is 6.84. The molecule has 0 aromatic heterocycles. The van der Waals surface area contributed by atoms with Crippen LogP contribution < -0.4 is 0 Å². The summed E-state index contributed by atoms with van der Waals surface area (Å²) in [6, 6.07) is 5.51. The summed E-state index contributed by atoms with van der Waals surface area (Å²) in [4.78, 5) is -0.566. The second-order valence-electron chi connectivity index (χ2n) is 5.66. The summed E-state index contributed by atoms with van der Waals surface area (Å²) in [6.45, 7) is 0.952. The van der Waals surface area contributed by atoms with Crippen molar-refractivity contribution in [3.8, 4) is 0 Å². The van der Waals surface area contributed by atoms with E-state index in [-0.39, 0.29) is 9.79 Å². The first-order valence-corrected chi connectivity index (χ1v) is 10.6. The van der Waals surface area contributed by atoms with Crippen molar-refractivity contribution in [2.45, 2.75) is 29.1 Å². The van der Waals surface area contributed by atoms with Crippen LogP contribution >= 0.6 is 10.7 Å². The molecule has 2 unspecified atom stereocenters. The van der Waals surface area contributed by atoms with Gasteiger partial charge >= 0.3 is 0 Å². The highest BCUT2D eigenvalue weighted by Crippen LogP contribution is 2.40. The maximum atomic E-state index is 12.7. The molecule has 21 heavy (non-hydrogen) atoms. The quantitative estimate of drug-likeness (QED) is 0.783. The lowest BCUT2D eigenvalue weighted by atomic mass is 10.0. The van der Waals surface area contributed by atoms with Gasteiger partial charge in [-0.3, -0.25) is 0 Å². The molecular weight excluding hydrogens is 334 g/mol. The predicted molar refractivity (Wildman–Crippen MR) is 79.1 cm³/mol. The first-order chi connectivity index (χ1) is 9.80. The monoisotopic (exact) mass is 349 g/mol. The van der Waals surface area contributed by atoms with Crippen molar-refractivity contribution in [1.82, 2.24) is 4.31 Å². The number of sulfonamides is 1. The van der Waals surface area contributed by atoms with Gasteiger partial charge in [0.1, 0.15) is 9.79 Å². The molecule has 1 saturated heterocycles. The molecule has 1 saturated carbocycles. The number of hydrogen-bond donors (Lipinski definition) is 0. The molecule has 3 rings (SSSR count). The van der Waals surface area contributed by atoms with Crippen LogP contribution in [-0.2, 0) is 19.1 Å². The van der Waals surface area contributed by atoms with E-state index in [2.05, 4.69) is 0 Å². The van der Waals surface area contributed by atoms with Crippen LogP contribution in [0.25, 0.3) is 0 Å². The van der Waals surface area contributed by atoms with Gasteiger partial charge in [-0.2, -0.15) is 4.31 Å². The molecule has 1 heterocycles. The molecule has 0 N–H and O–H groups in total. The van der Waals surface area contributed by atoms with Crippen molar-refractivity contribution in [1.29, 1.82) is 0 Å². The van der Waals surface area contributed by atoms with Gasteiger partial charge in [-0.25, -0.2) is 16.8 Å². The largest absolute Gasteiger partial charge is 0.262 e. The van der Waals surface area contributed by atoms with E-state index in [0.717, 1.165) is 19.3 Å². The molecule has 2 aliphatic rings. The highest BCUT2D eigenvalue weighted by Gasteiger charge is 2.42. The lowest BCUT2D eigenvalue weighted by molar-refractivity contribution is 0.444. The van der Waals surface area contributed by atoms with Gasteiger partial charge in [-0.1, -0.05) is 18.6 Å². The van der Waals surface area contributed by atoms with Crippen molar-refractivity contribution in [2.75, 3.05) is 13.1 Å². The maximum Gasteiger partial charge on any atom is 0.262 e. The highest BCUT2D eigenvalue weighted by atomic mass is 35.7. The van der Waals surface area contributed by atoms with Gasteiger partial charge in [-0.05, 0) is 36.8 Å². The van der Waals surface area contributed by atoms with E-state index in [0.29, 0.717) is 24.9 Å². The summed E-state index contributed by atoms with van der Waals surface area (Å²) in [5, 5.41) is 0. The zero-order chi connectivity index (χ0) is 15.3. The van der Waals surface area contributed by atoms with E-state index in [1.807, 2.05) is 0 Å². The molecule has 2 fully saturated rings. The minimum absolute atomic E-state index is 0.222. The molecule has 0 spiro atoms. The zero-order valence-corrected chi connectivity index (χ0v) is 13.7. The molecular formula is C13H16ClNO4S2. The SMILES string of the molecule is O=S(=O)(Cl)c1ccccc1S(=O)(=O)N1CC2CCCC2C1. The molecule has 1 aromatic carbocycles. The van der Waals surface area contributed by atoms with E-state index < -0.39 is 19.1 Å². The van der Waals surface area contributed by atoms with Crippen LogP contribution in [0.15, 0.2) is 34.1 Å². The number of fused-ring (bicyclic) bond motifs is 1. The maximum absolute atomic E-state index is 12.7. The van der Waals surface area contributed by atoms with Crippen LogP contribution in [0.4, 0.5) is 0 Å². The van der Waals surface area contributed by atoms with Crippen molar-refractivity contribution in [3.05, 3.63) is 24.3 Å². The molecule has 1 aliphatic heterocycles. The fourth-order valence-corrected chi connectivity index (χ4v) is 6.75. The molecule has 0 bridgehead atoms. The van der Waals surface area contributed by atoms with Crippen LogP contribution in [0.5, 0.6) is 0 Å². The van der Waals surface area contributed by atoms with Crippen LogP contribution in [0.2, 0.25) is 0 Å². The summed E-state index contributed by atoms with van der Waals surface area (Å²) < 4.78 is 50.1. The summed E-state index contributed by atoms with van der Waals surface area (Å²) in [5.74, 6) is 0.805. The van der Waals surface area contributed by atoms with Gasteiger partial charge in [-0.15, -0.1) is 0 Å². The van der Waals surface area contributed by atoms with Gasteiger partial charge < -0.3 is 0 Å². The van der Waals surface area contributed by atoms with Crippen molar-refractivity contribution < 1.29 is 16.8 Å². The van der Waals surface area contributed by atoms with Crippen molar-refractivity contribution >= 4 is 29.8 Å². The summed E-state index contributed by atoms with van der Waals surface area (Å²) in [5.41, 5.74) is 0. The van der Waals surface area contributed by atoms with Gasteiger partial charge in [0.2, 0.25) is 10.0 Å². The van der Waals surface area contributed by atoms with E-state index >= 15 is 0 Å². The third-order valence-electron chi connectivity index (χ3n) is 4.42. The Bertz CT molecular complexity index is 748. The molecule has 0 amide bonds. The smallest absolute Gasteiger partial charge is 0.207 e. The lowest BCUT2D eigenvalue weighted by Crippen LogP contribution is -2.30. The molecule has 5 nitrogen and oxygen atoms in total. The Labute approximate surface area is 129 Å². The van der Waals surface area contributed by atoms with Crippen LogP contribution in [-0.4, -0.2) is 34.2 Å². The van der Waals surface area contributed by atoms with Crippen molar-refractivity contribution in [2.24, 2.45) is 11.8 Å². The number of benzene rings is 1. The second-order valence-corrected chi connectivity index (χ2v) is 10.1. The zero-order valence-electron chi connectivity index (χ0n) is 11.3. The summed E-state index contributed by atoms with van der Waals surface area (Å²) in [7, 11) is -2.56. The molecule has 0 radical (unpaired) electrons. The Balaban J connectivity index is 2.00. The van der Waals surface area contributed by atoms with E-state index in [9.17, 15) is 16.8 Å². The minimum atomic E-state index is -4.10. The normalized spacial score (nSPS) is 26.9. The number of nitrogens with zero attached hydrogens (tertiary/aromatic N) is 1. The standard InChI is InChI=1S/C13H16ClNO4S2/c14-20(16,17)12-6-1-2-7-13(12)21(18,19)15-8-10-4-3-5-11(10)9-15/h1-2,6-7,10-11H,3-5,8-9H2. The Hall–Kier alpha value is -0.630. The Kier molecular flexibility index (Phi) is 3.80. The van der Waals surface area contributed by atoms with Gasteiger partial charge in [0.25, 0.3) is 9.05 Å². The van der Waals surface area contributed by atoms with Gasteiger partial charge in [0.15, 0.2) is 0 Å². The summed E-state index contributed by atoms with van der Waals surface area (Å²) in [6.07, 6.45) is 3.24. The molecule has 2 atom stereocenters. The molecule has 1 aromatic rings. The first kappa shape index (κ1) is 15.3. The third kappa shape index (κ3) is 2.72. The molecule has 1 aliphatic carbocycles. The second kappa shape index (κ2) is 5.22. The lowest BCUT2D eigenvalue weighted by Gasteiger charge is -2.18. The topological polar surface area (TPSA) is 71.5 Å². The average Bonchev–Trinajstić information content (AvgIpc) is 2.98. The third-order valence-corrected chi connectivity index (χ3v) is 7.82. The fraction of sp³-hybridized carbons (Fsp3) is 0.538. The Morgan fingerprint density at radius 3 is 2.00 bits per heavy atom. The van der Waals surface area contributed by atoms with Crippen LogP contribution in [0.3, 0.4) is 0 Å². The highest BCUT2D eigenvalue weighted by molar-refractivity contribution is 8.14. The fourth-order valence-electron chi connectivity index (χ4n) is 3.39. The number of halogens is 1. The Morgan fingerprint density at radius 1 is 0.952 bits per heavy atom. The predicted octanol–water partition coefficient (Wildman–Crippen LogP) is 2.03. The Morgan fingerprint density at radius 2 is 1.48 bits per heavy atom. The van der Waals surface area contributed by atoms with Gasteiger partial charge in [0.05, 0.1) is 0 Å². The van der Waals surface area contributed by atoms with Crippen molar-refractivity contribution in [3.63, 3.8) is 0 Å². The molecule has 8 heteroatoms. The minimum Gasteiger partial charge on any atom is -0.207 e. The van der Waals surface area contributed by atoms with Crippen LogP contribution in [0, 0.1) is 11.8 Å². The van der Waals surface area contributed by atoms with Crippen LogP contribution in [0.1, 0.15) is 19.3 Å². The van der Waals surface area contributed by atoms with E-state index in [1.54, 1.807) is 0 Å². The number of hydrogen-bond acceptors (Lipinski definition) is 4. The number of rotatable bonds is 3. The van der Waals surface area contributed by atoms with E-state index in [1.165, 1.54) is 28.6 Å². The molecule has 116 valence electrons. The summed E-state index contributed by atoms with van der Waals surface area (Å²) >= 11 is 0.